The van der Waals surface area contributed by atoms with Gasteiger partial charge in [0.15, 0.2) is 5.78 Å². The Labute approximate surface area is 238 Å². The lowest BCUT2D eigenvalue weighted by molar-refractivity contribution is -0.141. The highest BCUT2D eigenvalue weighted by Gasteiger charge is 2.35. The molecule has 0 bridgehead atoms. The number of Topliss-reactive ketones (excluding diaryl/α,β-unsaturated/α-hetero) is 3. The minimum absolute atomic E-state index is 0.000306. The molecule has 0 unspecified atom stereocenters. The van der Waals surface area contributed by atoms with E-state index in [-0.39, 0.29) is 42.8 Å². The molecule has 1 heterocycles. The van der Waals surface area contributed by atoms with Gasteiger partial charge in [-0.15, -0.1) is 11.3 Å². The SMILES string of the molecule is CC(C)C[C@H](CC(=O)c1cc2ccccc2s1)C(=O)N[C@@H](C[C@@H]1CCCC1=O)C(=O)C(=O)NCc1ccccc1. The molecule has 3 atom stereocenters. The second kappa shape index (κ2) is 13.6. The van der Waals surface area contributed by atoms with Crippen LogP contribution in [0.3, 0.4) is 0 Å². The molecular weight excluding hydrogens is 524 g/mol. The van der Waals surface area contributed by atoms with E-state index in [1.54, 1.807) is 0 Å². The molecule has 1 saturated carbocycles. The van der Waals surface area contributed by atoms with Crippen molar-refractivity contribution < 1.29 is 24.0 Å². The molecule has 0 aliphatic heterocycles. The molecule has 7 nitrogen and oxygen atoms in total. The molecule has 210 valence electrons. The lowest BCUT2D eigenvalue weighted by atomic mass is 9.89. The maximum Gasteiger partial charge on any atom is 0.289 e. The van der Waals surface area contributed by atoms with E-state index >= 15 is 0 Å². The first-order valence-corrected chi connectivity index (χ1v) is 14.7. The summed E-state index contributed by atoms with van der Waals surface area (Å²) in [6.45, 7) is 4.12. The summed E-state index contributed by atoms with van der Waals surface area (Å²) in [4.78, 5) is 65.9. The van der Waals surface area contributed by atoms with Crippen LogP contribution in [0.15, 0.2) is 60.7 Å². The molecule has 3 aromatic rings. The Morgan fingerprint density at radius 1 is 1.00 bits per heavy atom. The first-order chi connectivity index (χ1) is 19.2. The highest BCUT2D eigenvalue weighted by atomic mass is 32.1. The Bertz CT molecular complexity index is 1350. The maximum atomic E-state index is 13.6. The molecule has 0 spiro atoms. The predicted octanol–water partition coefficient (Wildman–Crippen LogP) is 5.27. The third-order valence-corrected chi connectivity index (χ3v) is 8.52. The van der Waals surface area contributed by atoms with Gasteiger partial charge in [0, 0.05) is 35.9 Å². The number of benzene rings is 2. The van der Waals surface area contributed by atoms with E-state index in [2.05, 4.69) is 10.6 Å². The third-order valence-electron chi connectivity index (χ3n) is 7.36. The summed E-state index contributed by atoms with van der Waals surface area (Å²) in [5.74, 6) is -3.01. The van der Waals surface area contributed by atoms with Gasteiger partial charge in [0.1, 0.15) is 5.78 Å². The topological polar surface area (TPSA) is 109 Å². The van der Waals surface area contributed by atoms with E-state index in [1.807, 2.05) is 74.5 Å². The van der Waals surface area contributed by atoms with Crippen molar-refractivity contribution in [1.29, 1.82) is 0 Å². The minimum Gasteiger partial charge on any atom is -0.345 e. The first-order valence-electron chi connectivity index (χ1n) is 13.9. The van der Waals surface area contributed by atoms with Crippen molar-refractivity contribution in [2.75, 3.05) is 0 Å². The molecular formula is C32H36N2O5S. The molecule has 0 radical (unpaired) electrons. The Hall–Kier alpha value is -3.65. The monoisotopic (exact) mass is 560 g/mol. The second-order valence-electron chi connectivity index (χ2n) is 11.0. The molecule has 2 aromatic carbocycles. The van der Waals surface area contributed by atoms with Crippen LogP contribution in [-0.4, -0.2) is 35.2 Å². The van der Waals surface area contributed by atoms with Gasteiger partial charge in [-0.05, 0) is 54.7 Å². The van der Waals surface area contributed by atoms with E-state index in [9.17, 15) is 24.0 Å². The van der Waals surface area contributed by atoms with Crippen LogP contribution in [0.1, 0.15) is 67.6 Å². The Morgan fingerprint density at radius 3 is 2.40 bits per heavy atom. The average molecular weight is 561 g/mol. The molecule has 0 saturated heterocycles. The van der Waals surface area contributed by atoms with Gasteiger partial charge in [0.2, 0.25) is 11.7 Å². The molecule has 40 heavy (non-hydrogen) atoms. The Balaban J connectivity index is 1.48. The number of rotatable bonds is 13. The van der Waals surface area contributed by atoms with Crippen molar-refractivity contribution >= 4 is 50.6 Å². The molecule has 1 aliphatic carbocycles. The molecule has 2 N–H and O–H groups in total. The van der Waals surface area contributed by atoms with Gasteiger partial charge in [-0.25, -0.2) is 0 Å². The summed E-state index contributed by atoms with van der Waals surface area (Å²) in [6, 6.07) is 17.7. The summed E-state index contributed by atoms with van der Waals surface area (Å²) in [5.41, 5.74) is 0.840. The quantitative estimate of drug-likeness (QED) is 0.219. The number of ketones is 3. The van der Waals surface area contributed by atoms with Crippen molar-refractivity contribution in [3.63, 3.8) is 0 Å². The predicted molar refractivity (Wildman–Crippen MR) is 156 cm³/mol. The van der Waals surface area contributed by atoms with Gasteiger partial charge in [0.05, 0.1) is 10.9 Å². The maximum absolute atomic E-state index is 13.6. The van der Waals surface area contributed by atoms with Gasteiger partial charge in [-0.2, -0.15) is 0 Å². The number of thiophene rings is 1. The zero-order chi connectivity index (χ0) is 28.6. The van der Waals surface area contributed by atoms with Crippen LogP contribution in [0.4, 0.5) is 0 Å². The van der Waals surface area contributed by atoms with E-state index in [0.717, 1.165) is 22.1 Å². The van der Waals surface area contributed by atoms with Gasteiger partial charge < -0.3 is 10.6 Å². The number of amides is 2. The first kappa shape index (κ1) is 29.3. The van der Waals surface area contributed by atoms with Crippen LogP contribution < -0.4 is 10.6 Å². The molecule has 2 amide bonds. The highest BCUT2D eigenvalue weighted by molar-refractivity contribution is 7.20. The van der Waals surface area contributed by atoms with E-state index in [0.29, 0.717) is 24.1 Å². The van der Waals surface area contributed by atoms with Crippen molar-refractivity contribution in [3.05, 3.63) is 71.1 Å². The van der Waals surface area contributed by atoms with Crippen LogP contribution >= 0.6 is 11.3 Å². The number of nitrogens with one attached hydrogen (secondary N) is 2. The summed E-state index contributed by atoms with van der Waals surface area (Å²) < 4.78 is 1.00. The van der Waals surface area contributed by atoms with Gasteiger partial charge in [-0.1, -0.05) is 62.4 Å². The van der Waals surface area contributed by atoms with Crippen LogP contribution in [0.25, 0.3) is 10.1 Å². The Morgan fingerprint density at radius 2 is 1.73 bits per heavy atom. The fourth-order valence-electron chi connectivity index (χ4n) is 5.26. The molecule has 1 aliphatic rings. The zero-order valence-corrected chi connectivity index (χ0v) is 23.8. The number of carbonyl (C=O) groups excluding carboxylic acids is 5. The fraction of sp³-hybridized carbons (Fsp3) is 0.406. The fourth-order valence-corrected chi connectivity index (χ4v) is 6.27. The van der Waals surface area contributed by atoms with Crippen LogP contribution in [-0.2, 0) is 25.7 Å². The smallest absolute Gasteiger partial charge is 0.289 e. The van der Waals surface area contributed by atoms with E-state index < -0.39 is 29.6 Å². The standard InChI is InChI=1S/C32H36N2O5S/c1-20(2)15-24(17-27(36)29-18-23-11-6-7-14-28(23)40-29)31(38)34-25(16-22-12-8-13-26(22)35)30(37)32(39)33-19-21-9-4-3-5-10-21/h3-7,9-11,14,18,20,22,24-25H,8,12-13,15-17,19H2,1-2H3,(H,33,39)(H,34,38)/t22-,24+,25-/m0/s1. The number of hydrogen-bond donors (Lipinski definition) is 2. The average Bonchev–Trinajstić information content (AvgIpc) is 3.56. The summed E-state index contributed by atoms with van der Waals surface area (Å²) in [7, 11) is 0. The highest BCUT2D eigenvalue weighted by Crippen LogP contribution is 2.29. The lowest BCUT2D eigenvalue weighted by Gasteiger charge is -2.24. The van der Waals surface area contributed by atoms with E-state index in [1.165, 1.54) is 11.3 Å². The van der Waals surface area contributed by atoms with Crippen molar-refractivity contribution in [2.24, 2.45) is 17.8 Å². The number of fused-ring (bicyclic) bond motifs is 1. The second-order valence-corrected chi connectivity index (χ2v) is 12.1. The minimum atomic E-state index is -1.13. The van der Waals surface area contributed by atoms with Gasteiger partial charge in [0.25, 0.3) is 5.91 Å². The summed E-state index contributed by atoms with van der Waals surface area (Å²) in [6.07, 6.45) is 2.34. The van der Waals surface area contributed by atoms with E-state index in [4.69, 9.17) is 0 Å². The molecule has 1 fully saturated rings. The molecule has 4 rings (SSSR count). The largest absolute Gasteiger partial charge is 0.345 e. The van der Waals surface area contributed by atoms with Crippen molar-refractivity contribution in [1.82, 2.24) is 10.6 Å². The Kier molecular flexibility index (Phi) is 9.98. The van der Waals surface area contributed by atoms with Crippen molar-refractivity contribution in [3.8, 4) is 0 Å². The van der Waals surface area contributed by atoms with Crippen LogP contribution in [0.5, 0.6) is 0 Å². The summed E-state index contributed by atoms with van der Waals surface area (Å²) >= 11 is 1.40. The van der Waals surface area contributed by atoms with Gasteiger partial charge >= 0.3 is 0 Å². The molecule has 1 aromatic heterocycles. The van der Waals surface area contributed by atoms with Crippen LogP contribution in [0.2, 0.25) is 0 Å². The zero-order valence-electron chi connectivity index (χ0n) is 23.0. The summed E-state index contributed by atoms with van der Waals surface area (Å²) in [5, 5.41) is 6.40. The van der Waals surface area contributed by atoms with Gasteiger partial charge in [-0.3, -0.25) is 24.0 Å². The number of hydrogen-bond acceptors (Lipinski definition) is 6. The van der Waals surface area contributed by atoms with Crippen molar-refractivity contribution in [2.45, 2.75) is 65.0 Å². The van der Waals surface area contributed by atoms with Crippen LogP contribution in [0, 0.1) is 17.8 Å². The number of carbonyl (C=O) groups is 5. The lowest BCUT2D eigenvalue weighted by Crippen LogP contribution is -2.50. The normalized spacial score (nSPS) is 16.6. The third kappa shape index (κ3) is 7.72. The molecule has 8 heteroatoms.